The van der Waals surface area contributed by atoms with Gasteiger partial charge in [-0.05, 0) is 38.3 Å². The van der Waals surface area contributed by atoms with E-state index in [1.807, 2.05) is 36.4 Å². The standard InChI is InChI=1S/C16H22O3Si2/c1-20(2,15-11-7-5-9-13(15)17)19-21(3,4)16-12-8-6-10-14(16)18/h5-12,17-18H,1-4H3. The van der Waals surface area contributed by atoms with Crippen LogP contribution in [0.2, 0.25) is 26.2 Å². The number of hydrogen-bond acceptors (Lipinski definition) is 3. The van der Waals surface area contributed by atoms with Crippen LogP contribution in [0.4, 0.5) is 0 Å². The molecule has 21 heavy (non-hydrogen) atoms. The van der Waals surface area contributed by atoms with E-state index >= 15 is 0 Å². The molecule has 2 N–H and O–H groups in total. The maximum Gasteiger partial charge on any atom is 0.210 e. The van der Waals surface area contributed by atoms with Crippen LogP contribution in [0.5, 0.6) is 11.5 Å². The minimum atomic E-state index is -2.26. The molecule has 0 aliphatic heterocycles. The SMILES string of the molecule is C[Si](C)(O[Si](C)(C)c1ccccc1O)c1ccccc1O. The molecule has 0 spiro atoms. The van der Waals surface area contributed by atoms with Crippen LogP contribution in [-0.2, 0) is 4.12 Å². The lowest BCUT2D eigenvalue weighted by atomic mass is 10.3. The highest BCUT2D eigenvalue weighted by Gasteiger charge is 2.38. The monoisotopic (exact) mass is 318 g/mol. The average Bonchev–Trinajstić information content (AvgIpc) is 2.38. The smallest absolute Gasteiger partial charge is 0.210 e. The normalized spacial score (nSPS) is 12.4. The van der Waals surface area contributed by atoms with Gasteiger partial charge in [0.1, 0.15) is 11.5 Å². The van der Waals surface area contributed by atoms with Crippen LogP contribution < -0.4 is 10.4 Å². The van der Waals surface area contributed by atoms with Gasteiger partial charge in [-0.1, -0.05) is 36.4 Å². The molecule has 0 aliphatic carbocycles. The number of phenolic OH excluding ortho intramolecular Hbond substituents is 2. The third-order valence-electron chi connectivity index (χ3n) is 3.62. The lowest BCUT2D eigenvalue weighted by Crippen LogP contribution is -2.57. The molecule has 0 aromatic heterocycles. The minimum absolute atomic E-state index is 0.288. The molecule has 2 aromatic rings. The molecule has 0 aliphatic rings. The topological polar surface area (TPSA) is 49.7 Å². The predicted octanol–water partition coefficient (Wildman–Crippen LogP) is 2.64. The Balaban J connectivity index is 2.36. The van der Waals surface area contributed by atoms with Gasteiger partial charge in [0.05, 0.1) is 0 Å². The lowest BCUT2D eigenvalue weighted by Gasteiger charge is -2.35. The fraction of sp³-hybridized carbons (Fsp3) is 0.250. The molecule has 0 saturated heterocycles. The molecule has 3 nitrogen and oxygen atoms in total. The molecule has 0 fully saturated rings. The van der Waals surface area contributed by atoms with E-state index in [2.05, 4.69) is 26.2 Å². The predicted molar refractivity (Wildman–Crippen MR) is 91.5 cm³/mol. The summed E-state index contributed by atoms with van der Waals surface area (Å²) < 4.78 is 6.52. The van der Waals surface area contributed by atoms with Crippen LogP contribution in [0.3, 0.4) is 0 Å². The van der Waals surface area contributed by atoms with E-state index < -0.39 is 16.6 Å². The quantitative estimate of drug-likeness (QED) is 0.852. The molecule has 2 rings (SSSR count). The highest BCUT2D eigenvalue weighted by molar-refractivity contribution is 6.97. The first-order chi connectivity index (χ1) is 9.74. The molecule has 2 aromatic carbocycles. The summed E-state index contributed by atoms with van der Waals surface area (Å²) in [5.74, 6) is 0.576. The van der Waals surface area contributed by atoms with E-state index in [-0.39, 0.29) is 11.5 Å². The molecule has 0 bridgehead atoms. The molecule has 0 amide bonds. The largest absolute Gasteiger partial charge is 0.508 e. The van der Waals surface area contributed by atoms with Gasteiger partial charge >= 0.3 is 0 Å². The van der Waals surface area contributed by atoms with E-state index in [1.165, 1.54) is 0 Å². The molecule has 5 heteroatoms. The van der Waals surface area contributed by atoms with Crippen LogP contribution in [-0.4, -0.2) is 26.8 Å². The van der Waals surface area contributed by atoms with Crippen molar-refractivity contribution in [2.24, 2.45) is 0 Å². The molecule has 0 radical (unpaired) electrons. The van der Waals surface area contributed by atoms with Crippen LogP contribution in [0.1, 0.15) is 0 Å². The van der Waals surface area contributed by atoms with Crippen LogP contribution in [0, 0.1) is 0 Å². The molecular formula is C16H22O3Si2. The Bertz CT molecular complexity index is 583. The number of benzene rings is 2. The Morgan fingerprint density at radius 1 is 0.667 bits per heavy atom. The third-order valence-corrected chi connectivity index (χ3v) is 11.1. The van der Waals surface area contributed by atoms with E-state index in [0.717, 1.165) is 10.4 Å². The Hall–Kier alpha value is -1.57. The Morgan fingerprint density at radius 2 is 1.00 bits per heavy atom. The third kappa shape index (κ3) is 3.37. The van der Waals surface area contributed by atoms with Gasteiger partial charge in [0, 0.05) is 10.4 Å². The zero-order valence-corrected chi connectivity index (χ0v) is 14.9. The van der Waals surface area contributed by atoms with E-state index in [4.69, 9.17) is 4.12 Å². The zero-order chi connectivity index (χ0) is 15.7. The summed E-state index contributed by atoms with van der Waals surface area (Å²) in [7, 11) is -4.53. The first-order valence-corrected chi connectivity index (χ1v) is 12.8. The summed E-state index contributed by atoms with van der Waals surface area (Å²) in [5, 5.41) is 22.0. The minimum Gasteiger partial charge on any atom is -0.508 e. The molecular weight excluding hydrogens is 296 g/mol. The molecule has 0 saturated carbocycles. The van der Waals surface area contributed by atoms with E-state index in [1.54, 1.807) is 12.1 Å². The molecule has 0 atom stereocenters. The van der Waals surface area contributed by atoms with Gasteiger partial charge in [0.2, 0.25) is 16.6 Å². The summed E-state index contributed by atoms with van der Waals surface area (Å²) in [6.07, 6.45) is 0. The Labute approximate surface area is 128 Å². The summed E-state index contributed by atoms with van der Waals surface area (Å²) in [5.41, 5.74) is 0. The second-order valence-corrected chi connectivity index (χ2v) is 14.1. The van der Waals surface area contributed by atoms with Crippen molar-refractivity contribution >= 4 is 27.0 Å². The maximum atomic E-state index is 10.1. The number of para-hydroxylation sites is 2. The second kappa shape index (κ2) is 5.67. The van der Waals surface area contributed by atoms with E-state index in [9.17, 15) is 10.2 Å². The highest BCUT2D eigenvalue weighted by Crippen LogP contribution is 2.21. The number of phenols is 2. The van der Waals surface area contributed by atoms with Crippen molar-refractivity contribution in [1.82, 2.24) is 0 Å². The molecule has 0 unspecified atom stereocenters. The van der Waals surface area contributed by atoms with Gasteiger partial charge in [-0.25, -0.2) is 0 Å². The Kier molecular flexibility index (Phi) is 4.27. The summed E-state index contributed by atoms with van der Waals surface area (Å²) in [6.45, 7) is 8.32. The first-order valence-electron chi connectivity index (χ1n) is 7.01. The van der Waals surface area contributed by atoms with Crippen molar-refractivity contribution in [2.45, 2.75) is 26.2 Å². The van der Waals surface area contributed by atoms with Gasteiger partial charge in [0.25, 0.3) is 0 Å². The van der Waals surface area contributed by atoms with E-state index in [0.29, 0.717) is 0 Å². The van der Waals surface area contributed by atoms with Crippen molar-refractivity contribution in [3.05, 3.63) is 48.5 Å². The number of hydrogen-bond donors (Lipinski definition) is 2. The van der Waals surface area contributed by atoms with Crippen LogP contribution in [0.25, 0.3) is 0 Å². The summed E-state index contributed by atoms with van der Waals surface area (Å²) >= 11 is 0. The van der Waals surface area contributed by atoms with Crippen molar-refractivity contribution in [3.8, 4) is 11.5 Å². The average molecular weight is 319 g/mol. The Morgan fingerprint density at radius 3 is 1.33 bits per heavy atom. The molecule has 112 valence electrons. The van der Waals surface area contributed by atoms with Gasteiger partial charge in [-0.15, -0.1) is 0 Å². The highest BCUT2D eigenvalue weighted by atomic mass is 28.4. The summed E-state index contributed by atoms with van der Waals surface area (Å²) in [6, 6.07) is 14.7. The second-order valence-electron chi connectivity index (χ2n) is 6.16. The lowest BCUT2D eigenvalue weighted by molar-refractivity contribution is 0.474. The van der Waals surface area contributed by atoms with Crippen molar-refractivity contribution < 1.29 is 14.3 Å². The van der Waals surface area contributed by atoms with Gasteiger partial charge in [-0.3, -0.25) is 0 Å². The van der Waals surface area contributed by atoms with Gasteiger partial charge in [0.15, 0.2) is 0 Å². The first kappa shape index (κ1) is 15.8. The van der Waals surface area contributed by atoms with Gasteiger partial charge in [-0.2, -0.15) is 0 Å². The van der Waals surface area contributed by atoms with Gasteiger partial charge < -0.3 is 14.3 Å². The zero-order valence-electron chi connectivity index (χ0n) is 12.9. The van der Waals surface area contributed by atoms with Crippen molar-refractivity contribution in [1.29, 1.82) is 0 Å². The maximum absolute atomic E-state index is 10.1. The fourth-order valence-corrected chi connectivity index (χ4v) is 11.1. The fourth-order valence-electron chi connectivity index (χ4n) is 2.71. The van der Waals surface area contributed by atoms with Crippen LogP contribution >= 0.6 is 0 Å². The molecule has 0 heterocycles. The van der Waals surface area contributed by atoms with Crippen molar-refractivity contribution in [2.75, 3.05) is 0 Å². The van der Waals surface area contributed by atoms with Crippen molar-refractivity contribution in [3.63, 3.8) is 0 Å². The number of aromatic hydroxyl groups is 2. The number of rotatable bonds is 4. The summed E-state index contributed by atoms with van der Waals surface area (Å²) in [4.78, 5) is 0. The van der Waals surface area contributed by atoms with Crippen LogP contribution in [0.15, 0.2) is 48.5 Å².